The molecule has 0 radical (unpaired) electrons. The molecule has 108 valence electrons. The Morgan fingerprint density at radius 2 is 1.90 bits per heavy atom. The molecule has 0 spiro atoms. The summed E-state index contributed by atoms with van der Waals surface area (Å²) in [5, 5.41) is 0. The zero-order valence-corrected chi connectivity index (χ0v) is 11.6. The Balaban J connectivity index is 2.42. The van der Waals surface area contributed by atoms with Crippen LogP contribution in [0.15, 0.2) is 40.1 Å². The van der Waals surface area contributed by atoms with Gasteiger partial charge in [-0.05, 0) is 34.1 Å². The fourth-order valence-corrected chi connectivity index (χ4v) is 1.61. The predicted molar refractivity (Wildman–Crippen MR) is 69.0 cm³/mol. The smallest absolute Gasteiger partial charge is 0.420 e. The van der Waals surface area contributed by atoms with Crippen molar-refractivity contribution >= 4 is 27.7 Å². The van der Waals surface area contributed by atoms with Crippen molar-refractivity contribution in [2.24, 2.45) is 4.99 Å². The van der Waals surface area contributed by atoms with E-state index >= 15 is 0 Å². The van der Waals surface area contributed by atoms with Crippen LogP contribution in [0.5, 0.6) is 11.8 Å². The molecule has 1 aromatic heterocycles. The van der Waals surface area contributed by atoms with Crippen molar-refractivity contribution in [3.63, 3.8) is 0 Å². The van der Waals surface area contributed by atoms with Gasteiger partial charge in [0.05, 0.1) is 10.2 Å². The van der Waals surface area contributed by atoms with Crippen LogP contribution in [0.4, 0.5) is 18.9 Å². The van der Waals surface area contributed by atoms with E-state index in [9.17, 15) is 18.0 Å². The van der Waals surface area contributed by atoms with Gasteiger partial charge >= 0.3 is 12.2 Å². The molecule has 2 rings (SSSR count). The lowest BCUT2D eigenvalue weighted by Gasteiger charge is -2.12. The highest BCUT2D eigenvalue weighted by Crippen LogP contribution is 2.39. The zero-order valence-electron chi connectivity index (χ0n) is 10.1. The maximum absolute atomic E-state index is 13.0. The van der Waals surface area contributed by atoms with Crippen LogP contribution >= 0.6 is 15.9 Å². The number of isocyanates is 1. The van der Waals surface area contributed by atoms with E-state index in [1.165, 1.54) is 24.5 Å². The SMILES string of the molecule is O=C=Nc1ccc(Oc2ncc(Br)cn2)c(C(F)(F)F)c1. The molecule has 5 nitrogen and oxygen atoms in total. The van der Waals surface area contributed by atoms with Crippen LogP contribution in [0.3, 0.4) is 0 Å². The number of nitrogens with zero attached hydrogens (tertiary/aromatic N) is 3. The molecule has 9 heteroatoms. The summed E-state index contributed by atoms with van der Waals surface area (Å²) in [6.07, 6.45) is -0.839. The number of halogens is 4. The van der Waals surface area contributed by atoms with E-state index in [1.54, 1.807) is 0 Å². The predicted octanol–water partition coefficient (Wildman–Crippen LogP) is 4.02. The summed E-state index contributed by atoms with van der Waals surface area (Å²) < 4.78 is 44.5. The number of aromatic nitrogens is 2. The lowest BCUT2D eigenvalue weighted by atomic mass is 10.1. The number of carbonyl (C=O) groups excluding carboxylic acids is 1. The molecule has 21 heavy (non-hydrogen) atoms. The first-order valence-electron chi connectivity index (χ1n) is 5.34. The quantitative estimate of drug-likeness (QED) is 0.613. The topological polar surface area (TPSA) is 64.4 Å². The molecule has 0 atom stereocenters. The van der Waals surface area contributed by atoms with Gasteiger partial charge in [-0.25, -0.2) is 14.8 Å². The Kier molecular flexibility index (Phi) is 4.35. The average Bonchev–Trinajstić information content (AvgIpc) is 2.42. The highest BCUT2D eigenvalue weighted by Gasteiger charge is 2.35. The number of alkyl halides is 3. The maximum Gasteiger partial charge on any atom is 0.420 e. The van der Waals surface area contributed by atoms with Crippen LogP contribution in [-0.4, -0.2) is 16.0 Å². The molecule has 1 aromatic carbocycles. The Labute approximate surface area is 124 Å². The minimum absolute atomic E-state index is 0.179. The van der Waals surface area contributed by atoms with Crippen molar-refractivity contribution in [1.82, 2.24) is 9.97 Å². The van der Waals surface area contributed by atoms with E-state index in [4.69, 9.17) is 4.74 Å². The van der Waals surface area contributed by atoms with Gasteiger partial charge in [0.15, 0.2) is 0 Å². The minimum Gasteiger partial charge on any atom is -0.424 e. The van der Waals surface area contributed by atoms with Gasteiger partial charge in [0.25, 0.3) is 0 Å². The van der Waals surface area contributed by atoms with Crippen LogP contribution in [-0.2, 0) is 11.0 Å². The van der Waals surface area contributed by atoms with Crippen molar-refractivity contribution in [2.45, 2.75) is 6.18 Å². The molecule has 0 aliphatic heterocycles. The largest absolute Gasteiger partial charge is 0.424 e. The first-order chi connectivity index (χ1) is 9.90. The monoisotopic (exact) mass is 359 g/mol. The van der Waals surface area contributed by atoms with Gasteiger partial charge in [-0.1, -0.05) is 0 Å². The van der Waals surface area contributed by atoms with Crippen LogP contribution in [0, 0.1) is 0 Å². The second-order valence-electron chi connectivity index (χ2n) is 3.67. The highest BCUT2D eigenvalue weighted by atomic mass is 79.9. The van der Waals surface area contributed by atoms with Crippen molar-refractivity contribution in [2.75, 3.05) is 0 Å². The van der Waals surface area contributed by atoms with E-state index in [-0.39, 0.29) is 11.7 Å². The maximum atomic E-state index is 13.0. The first-order valence-corrected chi connectivity index (χ1v) is 6.14. The molecular weight excluding hydrogens is 355 g/mol. The van der Waals surface area contributed by atoms with Crippen molar-refractivity contribution in [1.29, 1.82) is 0 Å². The number of hydrogen-bond acceptors (Lipinski definition) is 5. The Hall–Kier alpha value is -2.25. The molecule has 0 fully saturated rings. The number of benzene rings is 1. The summed E-state index contributed by atoms with van der Waals surface area (Å²) in [7, 11) is 0. The van der Waals surface area contributed by atoms with Crippen LogP contribution in [0.1, 0.15) is 5.56 Å². The number of ether oxygens (including phenoxy) is 1. The Morgan fingerprint density at radius 3 is 2.48 bits per heavy atom. The second-order valence-corrected chi connectivity index (χ2v) is 4.58. The Bertz CT molecular complexity index is 698. The molecule has 0 aliphatic rings. The first kappa shape index (κ1) is 15.1. The summed E-state index contributed by atoms with van der Waals surface area (Å²) in [6, 6.07) is 2.66. The summed E-state index contributed by atoms with van der Waals surface area (Å²) in [6.45, 7) is 0. The van der Waals surface area contributed by atoms with E-state index in [2.05, 4.69) is 30.9 Å². The van der Waals surface area contributed by atoms with Gasteiger partial charge in [0, 0.05) is 12.4 Å². The molecule has 0 saturated carbocycles. The zero-order chi connectivity index (χ0) is 15.5. The van der Waals surface area contributed by atoms with Crippen LogP contribution in [0.25, 0.3) is 0 Å². The normalized spacial score (nSPS) is 10.9. The minimum atomic E-state index is -4.68. The number of hydrogen-bond donors (Lipinski definition) is 0. The van der Waals surface area contributed by atoms with Crippen molar-refractivity contribution in [3.05, 3.63) is 40.6 Å². The third-order valence-corrected chi connectivity index (χ3v) is 2.65. The lowest BCUT2D eigenvalue weighted by Crippen LogP contribution is -2.07. The molecule has 2 aromatic rings. The molecule has 0 unspecified atom stereocenters. The molecule has 0 N–H and O–H groups in total. The van der Waals surface area contributed by atoms with E-state index in [1.807, 2.05) is 0 Å². The second kappa shape index (κ2) is 6.02. The molecule has 0 saturated heterocycles. The van der Waals surface area contributed by atoms with Gasteiger partial charge in [-0.3, -0.25) is 0 Å². The summed E-state index contributed by atoms with van der Waals surface area (Å²) >= 11 is 3.09. The molecule has 0 aliphatic carbocycles. The van der Waals surface area contributed by atoms with Gasteiger partial charge in [0.1, 0.15) is 11.3 Å². The van der Waals surface area contributed by atoms with Gasteiger partial charge in [-0.2, -0.15) is 18.2 Å². The van der Waals surface area contributed by atoms with Gasteiger partial charge in [0.2, 0.25) is 6.08 Å². The molecule has 0 amide bonds. The number of aliphatic imine (C=N–C) groups is 1. The fourth-order valence-electron chi connectivity index (χ4n) is 1.40. The van der Waals surface area contributed by atoms with Crippen molar-refractivity contribution in [3.8, 4) is 11.8 Å². The van der Waals surface area contributed by atoms with E-state index < -0.39 is 17.5 Å². The average molecular weight is 360 g/mol. The lowest BCUT2D eigenvalue weighted by molar-refractivity contribution is -0.138. The van der Waals surface area contributed by atoms with E-state index in [0.717, 1.165) is 6.07 Å². The Morgan fingerprint density at radius 1 is 1.24 bits per heavy atom. The summed E-state index contributed by atoms with van der Waals surface area (Å²) in [5.41, 5.74) is -1.27. The standard InChI is InChI=1S/C12H5BrF3N3O2/c13-7-4-17-11(18-5-7)21-10-2-1-8(19-6-20)3-9(10)12(14,15)16/h1-5H. The van der Waals surface area contributed by atoms with E-state index in [0.29, 0.717) is 10.5 Å². The van der Waals surface area contributed by atoms with Gasteiger partial charge < -0.3 is 4.74 Å². The third-order valence-electron chi connectivity index (χ3n) is 2.24. The molecular formula is C12H5BrF3N3O2. The molecule has 0 bridgehead atoms. The third kappa shape index (κ3) is 3.87. The van der Waals surface area contributed by atoms with Crippen molar-refractivity contribution < 1.29 is 22.7 Å². The van der Waals surface area contributed by atoms with Gasteiger partial charge in [-0.15, -0.1) is 0 Å². The summed E-state index contributed by atoms with van der Waals surface area (Å²) in [4.78, 5) is 20.7. The molecule has 1 heterocycles. The number of rotatable bonds is 3. The fraction of sp³-hybridized carbons (Fsp3) is 0.0833. The summed E-state index contributed by atoms with van der Waals surface area (Å²) in [5.74, 6) is -0.491. The van der Waals surface area contributed by atoms with Crippen LogP contribution in [0.2, 0.25) is 0 Å². The highest BCUT2D eigenvalue weighted by molar-refractivity contribution is 9.10. The van der Waals surface area contributed by atoms with Crippen LogP contribution < -0.4 is 4.74 Å².